The van der Waals surface area contributed by atoms with Gasteiger partial charge in [0.25, 0.3) is 11.6 Å². The number of halogens is 2. The zero-order valence-corrected chi connectivity index (χ0v) is 17.9. The van der Waals surface area contributed by atoms with E-state index in [0.29, 0.717) is 0 Å². The zero-order valence-electron chi connectivity index (χ0n) is 15.6. The van der Waals surface area contributed by atoms with Gasteiger partial charge in [-0.25, -0.2) is 17.5 Å². The van der Waals surface area contributed by atoms with E-state index in [9.17, 15) is 28.1 Å². The first kappa shape index (κ1) is 23.5. The van der Waals surface area contributed by atoms with E-state index in [0.717, 1.165) is 28.6 Å². The highest BCUT2D eigenvalue weighted by Gasteiger charge is 2.22. The third-order valence-electron chi connectivity index (χ3n) is 3.69. The highest BCUT2D eigenvalue weighted by atomic mass is 35.5. The smallest absolute Gasteiger partial charge is 0.340 e. The number of nitro groups is 1. The lowest BCUT2D eigenvalue weighted by Gasteiger charge is -2.14. The minimum Gasteiger partial charge on any atom is -0.452 e. The normalized spacial score (nSPS) is 11.2. The SMILES string of the molecule is CN(C)S(=O)(=O)c1cc(NC(=O)COC(=O)c2cc([N+](=O)[O-])ccc2Cl)ccc1Cl. The largest absolute Gasteiger partial charge is 0.452 e. The van der Waals surface area contributed by atoms with Crippen LogP contribution in [0.15, 0.2) is 41.3 Å². The number of nitrogens with zero attached hydrogens (tertiary/aromatic N) is 2. The number of carbonyl (C=O) groups is 2. The number of anilines is 1. The summed E-state index contributed by atoms with van der Waals surface area (Å²) < 4.78 is 30.3. The van der Waals surface area contributed by atoms with Gasteiger partial charge in [-0.1, -0.05) is 23.2 Å². The first-order valence-electron chi connectivity index (χ1n) is 8.06. The Kier molecular flexibility index (Phi) is 7.37. The van der Waals surface area contributed by atoms with E-state index in [4.69, 9.17) is 27.9 Å². The molecule has 0 unspecified atom stereocenters. The Morgan fingerprint density at radius 3 is 2.37 bits per heavy atom. The van der Waals surface area contributed by atoms with Crippen molar-refractivity contribution in [1.82, 2.24) is 4.31 Å². The lowest BCUT2D eigenvalue weighted by atomic mass is 10.2. The summed E-state index contributed by atoms with van der Waals surface area (Å²) in [6.45, 7) is -0.740. The van der Waals surface area contributed by atoms with E-state index >= 15 is 0 Å². The Bertz CT molecular complexity index is 1120. The molecular weight excluding hydrogens is 461 g/mol. The minimum atomic E-state index is -3.85. The summed E-state index contributed by atoms with van der Waals surface area (Å²) in [5.41, 5.74) is -0.537. The fraction of sp³-hybridized carbons (Fsp3) is 0.176. The summed E-state index contributed by atoms with van der Waals surface area (Å²) in [5, 5.41) is 13.1. The molecule has 0 saturated carbocycles. The van der Waals surface area contributed by atoms with Crippen LogP contribution in [0.5, 0.6) is 0 Å². The van der Waals surface area contributed by atoms with Gasteiger partial charge in [-0.2, -0.15) is 0 Å². The molecule has 0 radical (unpaired) electrons. The second-order valence-electron chi connectivity index (χ2n) is 5.98. The lowest BCUT2D eigenvalue weighted by Crippen LogP contribution is -2.23. The molecule has 2 rings (SSSR count). The van der Waals surface area contributed by atoms with Crippen LogP contribution in [0.3, 0.4) is 0 Å². The topological polar surface area (TPSA) is 136 Å². The Morgan fingerprint density at radius 1 is 1.13 bits per heavy atom. The number of rotatable bonds is 7. The molecule has 160 valence electrons. The average Bonchev–Trinajstić information content (AvgIpc) is 2.67. The van der Waals surface area contributed by atoms with Crippen LogP contribution in [-0.2, 0) is 19.6 Å². The number of amides is 1. The minimum absolute atomic E-state index is 0.0339. The van der Waals surface area contributed by atoms with Gasteiger partial charge in [0, 0.05) is 31.9 Å². The van der Waals surface area contributed by atoms with Gasteiger partial charge in [-0.05, 0) is 24.3 Å². The fourth-order valence-electron chi connectivity index (χ4n) is 2.16. The van der Waals surface area contributed by atoms with E-state index < -0.39 is 33.4 Å². The van der Waals surface area contributed by atoms with E-state index in [-0.39, 0.29) is 31.9 Å². The third-order valence-corrected chi connectivity index (χ3v) is 6.31. The number of sulfonamides is 1. The van der Waals surface area contributed by atoms with Crippen LogP contribution in [0.4, 0.5) is 11.4 Å². The van der Waals surface area contributed by atoms with Crippen molar-refractivity contribution in [2.24, 2.45) is 0 Å². The van der Waals surface area contributed by atoms with Crippen molar-refractivity contribution in [3.63, 3.8) is 0 Å². The van der Waals surface area contributed by atoms with Crippen LogP contribution in [0.2, 0.25) is 10.0 Å². The van der Waals surface area contributed by atoms with Gasteiger partial charge in [0.05, 0.1) is 20.5 Å². The quantitative estimate of drug-likeness (QED) is 0.369. The first-order chi connectivity index (χ1) is 13.9. The number of hydrogen-bond donors (Lipinski definition) is 1. The van der Waals surface area contributed by atoms with Gasteiger partial charge >= 0.3 is 5.97 Å². The van der Waals surface area contributed by atoms with Crippen LogP contribution in [0.1, 0.15) is 10.4 Å². The number of benzene rings is 2. The molecule has 0 saturated heterocycles. The predicted octanol–water partition coefficient (Wildman–Crippen LogP) is 2.95. The molecule has 0 spiro atoms. The molecule has 2 aromatic rings. The Balaban J connectivity index is 2.10. The van der Waals surface area contributed by atoms with Gasteiger partial charge in [0.15, 0.2) is 6.61 Å². The number of nitro benzene ring substituents is 1. The number of hydrogen-bond acceptors (Lipinski definition) is 7. The summed E-state index contributed by atoms with van der Waals surface area (Å²) in [6.07, 6.45) is 0. The molecule has 0 bridgehead atoms. The lowest BCUT2D eigenvalue weighted by molar-refractivity contribution is -0.384. The molecule has 0 fully saturated rings. The standard InChI is InChI=1S/C17H15Cl2N3O7S/c1-21(2)30(27,28)15-7-10(3-5-14(15)19)20-16(23)9-29-17(24)12-8-11(22(25)26)4-6-13(12)18/h3-8H,9H2,1-2H3,(H,20,23). The third kappa shape index (κ3) is 5.45. The van der Waals surface area contributed by atoms with Gasteiger partial charge in [-0.15, -0.1) is 0 Å². The molecular formula is C17H15Cl2N3O7S. The molecule has 0 aliphatic heterocycles. The molecule has 0 aromatic heterocycles. The number of esters is 1. The number of non-ortho nitro benzene ring substituents is 1. The van der Waals surface area contributed by atoms with Crippen LogP contribution in [-0.4, -0.2) is 50.2 Å². The maximum Gasteiger partial charge on any atom is 0.340 e. The van der Waals surface area contributed by atoms with Crippen molar-refractivity contribution in [2.45, 2.75) is 4.90 Å². The van der Waals surface area contributed by atoms with Crippen molar-refractivity contribution >= 4 is 56.5 Å². The maximum absolute atomic E-state index is 12.3. The predicted molar refractivity (Wildman–Crippen MR) is 109 cm³/mol. The van der Waals surface area contributed by atoms with E-state index in [1.165, 1.54) is 26.2 Å². The molecule has 2 aromatic carbocycles. The second kappa shape index (κ2) is 9.39. The summed E-state index contributed by atoms with van der Waals surface area (Å²) >= 11 is 11.8. The van der Waals surface area contributed by atoms with Crippen LogP contribution < -0.4 is 5.32 Å². The van der Waals surface area contributed by atoms with E-state index in [1.54, 1.807) is 0 Å². The molecule has 0 aliphatic rings. The van der Waals surface area contributed by atoms with Crippen molar-refractivity contribution < 1.29 is 27.7 Å². The fourth-order valence-corrected chi connectivity index (χ4v) is 3.75. The highest BCUT2D eigenvalue weighted by molar-refractivity contribution is 7.89. The van der Waals surface area contributed by atoms with Gasteiger partial charge in [0.1, 0.15) is 4.90 Å². The van der Waals surface area contributed by atoms with Gasteiger partial charge in [-0.3, -0.25) is 14.9 Å². The van der Waals surface area contributed by atoms with Crippen LogP contribution in [0, 0.1) is 10.1 Å². The molecule has 0 heterocycles. The molecule has 0 atom stereocenters. The molecule has 13 heteroatoms. The molecule has 1 N–H and O–H groups in total. The van der Waals surface area contributed by atoms with Gasteiger partial charge in [0.2, 0.25) is 10.0 Å². The Hall–Kier alpha value is -2.73. The summed E-state index contributed by atoms with van der Waals surface area (Å²) in [5.74, 6) is -1.81. The summed E-state index contributed by atoms with van der Waals surface area (Å²) in [6, 6.07) is 7.04. The molecule has 0 aliphatic carbocycles. The molecule has 1 amide bonds. The number of carbonyl (C=O) groups excluding carboxylic acids is 2. The second-order valence-corrected chi connectivity index (χ2v) is 8.91. The highest BCUT2D eigenvalue weighted by Crippen LogP contribution is 2.27. The zero-order chi connectivity index (χ0) is 22.6. The first-order valence-corrected chi connectivity index (χ1v) is 10.3. The Morgan fingerprint density at radius 2 is 1.77 bits per heavy atom. The molecule has 30 heavy (non-hydrogen) atoms. The maximum atomic E-state index is 12.3. The van der Waals surface area contributed by atoms with Crippen molar-refractivity contribution in [1.29, 1.82) is 0 Å². The number of ether oxygens (including phenoxy) is 1. The van der Waals surface area contributed by atoms with Crippen molar-refractivity contribution in [3.05, 3.63) is 62.1 Å². The van der Waals surface area contributed by atoms with Crippen LogP contribution >= 0.6 is 23.2 Å². The average molecular weight is 476 g/mol. The van der Waals surface area contributed by atoms with Gasteiger partial charge < -0.3 is 10.1 Å². The summed E-state index contributed by atoms with van der Waals surface area (Å²) in [7, 11) is -1.19. The van der Waals surface area contributed by atoms with Crippen molar-refractivity contribution in [3.8, 4) is 0 Å². The van der Waals surface area contributed by atoms with E-state index in [2.05, 4.69) is 5.32 Å². The summed E-state index contributed by atoms with van der Waals surface area (Å²) in [4.78, 5) is 34.0. The molecule has 10 nitrogen and oxygen atoms in total. The monoisotopic (exact) mass is 475 g/mol. The van der Waals surface area contributed by atoms with Crippen molar-refractivity contribution in [2.75, 3.05) is 26.0 Å². The Labute approximate surface area is 181 Å². The van der Waals surface area contributed by atoms with Crippen LogP contribution in [0.25, 0.3) is 0 Å². The number of nitrogens with one attached hydrogen (secondary N) is 1. The van der Waals surface area contributed by atoms with E-state index in [1.807, 2.05) is 0 Å².